The molecule has 8 nitrogen and oxygen atoms in total. The molecular weight excluding hydrogens is 392 g/mol. The van der Waals surface area contributed by atoms with Gasteiger partial charge in [-0.3, -0.25) is 5.10 Å². The SMILES string of the molecule is CN(C)Cc1cc2nc(Cc3cc(-c4ccccc4)n[nH]3)nc(N3CCOCC3)c2o1. The Bertz CT molecular complexity index is 1160. The maximum atomic E-state index is 6.16. The highest BCUT2D eigenvalue weighted by molar-refractivity contribution is 5.84. The maximum absolute atomic E-state index is 6.16. The van der Waals surface area contributed by atoms with Crippen LogP contribution in [0.4, 0.5) is 5.82 Å². The summed E-state index contributed by atoms with van der Waals surface area (Å²) in [7, 11) is 4.05. The largest absolute Gasteiger partial charge is 0.454 e. The van der Waals surface area contributed by atoms with Gasteiger partial charge in [0.15, 0.2) is 11.4 Å². The summed E-state index contributed by atoms with van der Waals surface area (Å²) < 4.78 is 11.7. The minimum atomic E-state index is 0.571. The number of nitrogens with zero attached hydrogens (tertiary/aromatic N) is 5. The number of ether oxygens (including phenoxy) is 1. The average Bonchev–Trinajstić information content (AvgIpc) is 3.40. The molecule has 3 aromatic heterocycles. The summed E-state index contributed by atoms with van der Waals surface area (Å²) in [6.07, 6.45) is 0.571. The smallest absolute Gasteiger partial charge is 0.195 e. The zero-order valence-corrected chi connectivity index (χ0v) is 17.8. The molecule has 0 spiro atoms. The topological polar surface area (TPSA) is 83.3 Å². The van der Waals surface area contributed by atoms with Gasteiger partial charge in [0.25, 0.3) is 0 Å². The zero-order chi connectivity index (χ0) is 21.2. The van der Waals surface area contributed by atoms with Gasteiger partial charge in [-0.1, -0.05) is 30.3 Å². The maximum Gasteiger partial charge on any atom is 0.195 e. The minimum absolute atomic E-state index is 0.571. The predicted octanol–water partition coefficient (Wildman–Crippen LogP) is 3.10. The average molecular weight is 419 g/mol. The van der Waals surface area contributed by atoms with Gasteiger partial charge >= 0.3 is 0 Å². The number of hydrogen-bond acceptors (Lipinski definition) is 7. The molecular formula is C23H26N6O2. The van der Waals surface area contributed by atoms with Gasteiger partial charge < -0.3 is 19.0 Å². The molecule has 31 heavy (non-hydrogen) atoms. The molecule has 4 aromatic rings. The number of hydrogen-bond donors (Lipinski definition) is 1. The van der Waals surface area contributed by atoms with Crippen LogP contribution in [0.2, 0.25) is 0 Å². The molecule has 160 valence electrons. The molecule has 1 fully saturated rings. The monoisotopic (exact) mass is 418 g/mol. The molecule has 5 rings (SSSR count). The number of furan rings is 1. The quantitative estimate of drug-likeness (QED) is 0.515. The molecule has 0 amide bonds. The molecule has 1 N–H and O–H groups in total. The minimum Gasteiger partial charge on any atom is -0.454 e. The van der Waals surface area contributed by atoms with E-state index in [1.807, 2.05) is 38.4 Å². The van der Waals surface area contributed by atoms with E-state index in [0.717, 1.165) is 65.1 Å². The Labute approximate surface area is 180 Å². The lowest BCUT2D eigenvalue weighted by Gasteiger charge is -2.27. The highest BCUT2D eigenvalue weighted by atomic mass is 16.5. The van der Waals surface area contributed by atoms with E-state index in [-0.39, 0.29) is 0 Å². The zero-order valence-electron chi connectivity index (χ0n) is 17.8. The Morgan fingerprint density at radius 2 is 1.87 bits per heavy atom. The first-order chi connectivity index (χ1) is 15.2. The van der Waals surface area contributed by atoms with Crippen LogP contribution in [0.1, 0.15) is 17.3 Å². The molecule has 0 unspecified atom stereocenters. The molecule has 1 aliphatic rings. The Balaban J connectivity index is 1.49. The van der Waals surface area contributed by atoms with E-state index in [4.69, 9.17) is 19.1 Å². The molecule has 1 saturated heterocycles. The molecule has 4 heterocycles. The van der Waals surface area contributed by atoms with Crippen LogP contribution >= 0.6 is 0 Å². The third-order valence-electron chi connectivity index (χ3n) is 5.28. The van der Waals surface area contributed by atoms with Gasteiger partial charge in [0.05, 0.1) is 25.5 Å². The molecule has 0 bridgehead atoms. The Morgan fingerprint density at radius 3 is 2.65 bits per heavy atom. The van der Waals surface area contributed by atoms with Crippen LogP contribution in [0.5, 0.6) is 0 Å². The summed E-state index contributed by atoms with van der Waals surface area (Å²) in [6.45, 7) is 3.67. The van der Waals surface area contributed by atoms with Crippen LogP contribution in [0.3, 0.4) is 0 Å². The van der Waals surface area contributed by atoms with Crippen molar-refractivity contribution >= 4 is 16.9 Å². The fourth-order valence-electron chi connectivity index (χ4n) is 3.85. The second kappa shape index (κ2) is 8.49. The molecule has 0 radical (unpaired) electrons. The number of nitrogens with one attached hydrogen (secondary N) is 1. The van der Waals surface area contributed by atoms with Crippen molar-refractivity contribution in [1.82, 2.24) is 25.1 Å². The fourth-order valence-corrected chi connectivity index (χ4v) is 3.85. The van der Waals surface area contributed by atoms with Crippen LogP contribution in [0.25, 0.3) is 22.4 Å². The number of aromatic amines is 1. The summed E-state index contributed by atoms with van der Waals surface area (Å²) in [5.74, 6) is 2.47. The summed E-state index contributed by atoms with van der Waals surface area (Å²) in [5.41, 5.74) is 4.56. The lowest BCUT2D eigenvalue weighted by atomic mass is 10.1. The van der Waals surface area contributed by atoms with E-state index in [9.17, 15) is 0 Å². The lowest BCUT2D eigenvalue weighted by molar-refractivity contribution is 0.122. The summed E-state index contributed by atoms with van der Waals surface area (Å²) in [4.78, 5) is 14.0. The van der Waals surface area contributed by atoms with Crippen molar-refractivity contribution in [3.63, 3.8) is 0 Å². The van der Waals surface area contributed by atoms with Crippen LogP contribution in [-0.2, 0) is 17.7 Å². The first-order valence-electron chi connectivity index (χ1n) is 10.5. The summed E-state index contributed by atoms with van der Waals surface area (Å²) >= 11 is 0. The Morgan fingerprint density at radius 1 is 1.06 bits per heavy atom. The van der Waals surface area contributed by atoms with Gasteiger partial charge in [-0.2, -0.15) is 5.10 Å². The van der Waals surface area contributed by atoms with Gasteiger partial charge in [-0.25, -0.2) is 9.97 Å². The molecule has 0 aliphatic carbocycles. The number of H-pyrrole nitrogens is 1. The van der Waals surface area contributed by atoms with Crippen LogP contribution < -0.4 is 4.90 Å². The molecule has 0 saturated carbocycles. The number of anilines is 1. The highest BCUT2D eigenvalue weighted by Gasteiger charge is 2.21. The van der Waals surface area contributed by atoms with E-state index >= 15 is 0 Å². The molecule has 1 aliphatic heterocycles. The van der Waals surface area contributed by atoms with Gasteiger partial charge in [-0.05, 0) is 20.2 Å². The first-order valence-corrected chi connectivity index (χ1v) is 10.5. The van der Waals surface area contributed by atoms with E-state index in [1.54, 1.807) is 0 Å². The van der Waals surface area contributed by atoms with Gasteiger partial charge in [-0.15, -0.1) is 0 Å². The van der Waals surface area contributed by atoms with Gasteiger partial charge in [0, 0.05) is 36.8 Å². The van der Waals surface area contributed by atoms with E-state index in [0.29, 0.717) is 19.6 Å². The van der Waals surface area contributed by atoms with E-state index in [1.165, 1.54) is 0 Å². The number of aromatic nitrogens is 4. The fraction of sp³-hybridized carbons (Fsp3) is 0.348. The summed E-state index contributed by atoms with van der Waals surface area (Å²) in [5, 5.41) is 7.60. The van der Waals surface area contributed by atoms with Crippen molar-refractivity contribution < 1.29 is 9.15 Å². The molecule has 0 atom stereocenters. The standard InChI is InChI=1S/C23H26N6O2/c1-28(2)15-18-14-20-22(31-18)23(29-8-10-30-11-9-29)25-21(24-20)13-17-12-19(27-26-17)16-6-4-3-5-7-16/h3-7,12,14H,8-11,13,15H2,1-2H3,(H,26,27). The number of benzene rings is 1. The second-order valence-electron chi connectivity index (χ2n) is 8.05. The third kappa shape index (κ3) is 4.30. The van der Waals surface area contributed by atoms with Crippen molar-refractivity contribution in [2.75, 3.05) is 45.3 Å². The van der Waals surface area contributed by atoms with Crippen LogP contribution in [0.15, 0.2) is 46.9 Å². The lowest BCUT2D eigenvalue weighted by Crippen LogP contribution is -2.37. The van der Waals surface area contributed by atoms with E-state index < -0.39 is 0 Å². The second-order valence-corrected chi connectivity index (χ2v) is 8.05. The van der Waals surface area contributed by atoms with Crippen LogP contribution in [-0.4, -0.2) is 65.5 Å². The number of rotatable bonds is 6. The Kier molecular flexibility index (Phi) is 5.40. The number of fused-ring (bicyclic) bond motifs is 1. The molecule has 8 heteroatoms. The summed E-state index contributed by atoms with van der Waals surface area (Å²) in [6, 6.07) is 14.2. The normalized spacial score (nSPS) is 14.6. The van der Waals surface area contributed by atoms with Crippen molar-refractivity contribution in [2.24, 2.45) is 0 Å². The van der Waals surface area contributed by atoms with Crippen molar-refractivity contribution in [1.29, 1.82) is 0 Å². The Hall–Kier alpha value is -3.23. The first kappa shape index (κ1) is 19.7. The predicted molar refractivity (Wildman–Crippen MR) is 119 cm³/mol. The van der Waals surface area contributed by atoms with Crippen molar-refractivity contribution in [3.05, 3.63) is 59.7 Å². The van der Waals surface area contributed by atoms with Gasteiger partial charge in [0.1, 0.15) is 17.1 Å². The van der Waals surface area contributed by atoms with E-state index in [2.05, 4.69) is 38.2 Å². The van der Waals surface area contributed by atoms with Crippen molar-refractivity contribution in [3.8, 4) is 11.3 Å². The van der Waals surface area contributed by atoms with Gasteiger partial charge in [0.2, 0.25) is 0 Å². The third-order valence-corrected chi connectivity index (χ3v) is 5.28. The van der Waals surface area contributed by atoms with Crippen LogP contribution in [0, 0.1) is 0 Å². The highest BCUT2D eigenvalue weighted by Crippen LogP contribution is 2.29. The van der Waals surface area contributed by atoms with Crippen molar-refractivity contribution in [2.45, 2.75) is 13.0 Å². The number of morpholine rings is 1. The molecule has 1 aromatic carbocycles.